The SMILES string of the molecule is COc1cc(OC)c(Cl)c(Nc2ncncc2-c2cc(Nc3ccc(CCO)cn3)ncn2)c1F. The standard InChI is InChI=1S/C23H21ClFN7O3/c1-34-16-8-17(35-2)21(25)22(20(16)24)32-23-14(10-26-11-30-23)15-7-19(29-12-28-15)31-18-4-3-13(5-6-33)9-27-18/h3-4,7-12,33H,5-6H2,1-2H3,(H,26,30,32)(H,27,28,29,31). The minimum atomic E-state index is -0.705. The minimum absolute atomic E-state index is 0.0242. The maximum atomic E-state index is 15.0. The lowest BCUT2D eigenvalue weighted by Gasteiger charge is -2.16. The molecule has 4 rings (SSSR count). The number of aromatic nitrogens is 5. The van der Waals surface area contributed by atoms with Crippen LogP contribution >= 0.6 is 11.6 Å². The van der Waals surface area contributed by atoms with Gasteiger partial charge in [-0.05, 0) is 18.1 Å². The van der Waals surface area contributed by atoms with Gasteiger partial charge in [0.05, 0.1) is 25.5 Å². The number of halogens is 2. The first-order valence-corrected chi connectivity index (χ1v) is 10.7. The summed E-state index contributed by atoms with van der Waals surface area (Å²) in [4.78, 5) is 21.2. The van der Waals surface area contributed by atoms with Gasteiger partial charge in [0.2, 0.25) is 0 Å². The Hall–Kier alpha value is -4.09. The molecule has 0 atom stereocenters. The van der Waals surface area contributed by atoms with Crippen molar-refractivity contribution >= 4 is 34.7 Å². The largest absolute Gasteiger partial charge is 0.495 e. The molecular weight excluding hydrogens is 477 g/mol. The number of benzene rings is 1. The molecule has 0 saturated carbocycles. The highest BCUT2D eigenvalue weighted by Gasteiger charge is 2.21. The van der Waals surface area contributed by atoms with Crippen LogP contribution in [0.1, 0.15) is 5.56 Å². The summed E-state index contributed by atoms with van der Waals surface area (Å²) in [6.07, 6.45) is 6.42. The molecule has 10 nitrogen and oxygen atoms in total. The maximum Gasteiger partial charge on any atom is 0.190 e. The molecule has 12 heteroatoms. The van der Waals surface area contributed by atoms with Gasteiger partial charge < -0.3 is 25.2 Å². The molecule has 3 heterocycles. The van der Waals surface area contributed by atoms with Gasteiger partial charge in [0.1, 0.15) is 46.6 Å². The number of aliphatic hydroxyl groups is 1. The summed E-state index contributed by atoms with van der Waals surface area (Å²) in [5.74, 6) is 0.774. The molecule has 0 amide bonds. The number of nitrogens with one attached hydrogen (secondary N) is 2. The Morgan fingerprint density at radius 1 is 0.943 bits per heavy atom. The average molecular weight is 498 g/mol. The Balaban J connectivity index is 1.65. The normalized spacial score (nSPS) is 10.7. The monoisotopic (exact) mass is 497 g/mol. The van der Waals surface area contributed by atoms with E-state index in [1.807, 2.05) is 6.07 Å². The molecule has 35 heavy (non-hydrogen) atoms. The zero-order valence-electron chi connectivity index (χ0n) is 18.8. The van der Waals surface area contributed by atoms with Gasteiger partial charge >= 0.3 is 0 Å². The third-order valence-electron chi connectivity index (χ3n) is 4.95. The van der Waals surface area contributed by atoms with E-state index in [2.05, 4.69) is 35.6 Å². The highest BCUT2D eigenvalue weighted by atomic mass is 35.5. The van der Waals surface area contributed by atoms with E-state index in [0.717, 1.165) is 5.56 Å². The van der Waals surface area contributed by atoms with Crippen molar-refractivity contribution in [2.45, 2.75) is 6.42 Å². The summed E-state index contributed by atoms with van der Waals surface area (Å²) in [6.45, 7) is 0.0525. The van der Waals surface area contributed by atoms with Crippen LogP contribution in [0.15, 0.2) is 49.3 Å². The molecule has 3 N–H and O–H groups in total. The van der Waals surface area contributed by atoms with Crippen LogP contribution in [-0.4, -0.2) is 50.9 Å². The number of hydrogen-bond acceptors (Lipinski definition) is 10. The van der Waals surface area contributed by atoms with Gasteiger partial charge in [-0.25, -0.2) is 29.3 Å². The van der Waals surface area contributed by atoms with Crippen molar-refractivity contribution in [2.24, 2.45) is 0 Å². The maximum absolute atomic E-state index is 15.0. The van der Waals surface area contributed by atoms with Crippen molar-refractivity contribution < 1.29 is 19.0 Å². The molecule has 0 unspecified atom stereocenters. The van der Waals surface area contributed by atoms with Crippen LogP contribution in [0, 0.1) is 5.82 Å². The zero-order chi connectivity index (χ0) is 24.8. The summed E-state index contributed by atoms with van der Waals surface area (Å²) in [5.41, 5.74) is 1.79. The van der Waals surface area contributed by atoms with Gasteiger partial charge in [0.25, 0.3) is 0 Å². The molecule has 0 fully saturated rings. The molecule has 4 aromatic rings. The van der Waals surface area contributed by atoms with Crippen molar-refractivity contribution in [1.82, 2.24) is 24.9 Å². The molecule has 0 radical (unpaired) electrons. The van der Waals surface area contributed by atoms with Crippen LogP contribution in [0.2, 0.25) is 5.02 Å². The Kier molecular flexibility index (Phi) is 7.48. The first-order chi connectivity index (χ1) is 17.0. The Morgan fingerprint density at radius 3 is 2.49 bits per heavy atom. The van der Waals surface area contributed by atoms with Crippen LogP contribution in [0.25, 0.3) is 11.3 Å². The number of methoxy groups -OCH3 is 2. The lowest BCUT2D eigenvalue weighted by Crippen LogP contribution is -2.04. The molecule has 0 spiro atoms. The number of nitrogens with zero attached hydrogens (tertiary/aromatic N) is 5. The molecule has 0 aliphatic heterocycles. The average Bonchev–Trinajstić information content (AvgIpc) is 2.88. The first-order valence-electron chi connectivity index (χ1n) is 10.4. The number of anilines is 4. The predicted octanol–water partition coefficient (Wildman–Crippen LogP) is 4.16. The highest BCUT2D eigenvalue weighted by molar-refractivity contribution is 6.35. The molecule has 3 aromatic heterocycles. The molecular formula is C23H21ClFN7O3. The van der Waals surface area contributed by atoms with E-state index in [0.29, 0.717) is 29.3 Å². The minimum Gasteiger partial charge on any atom is -0.495 e. The number of aliphatic hydroxyl groups excluding tert-OH is 1. The van der Waals surface area contributed by atoms with Crippen LogP contribution in [-0.2, 0) is 6.42 Å². The first kappa shape index (κ1) is 24.0. The van der Waals surface area contributed by atoms with Gasteiger partial charge in [-0.1, -0.05) is 17.7 Å². The van der Waals surface area contributed by atoms with Gasteiger partial charge in [-0.2, -0.15) is 0 Å². The van der Waals surface area contributed by atoms with Crippen LogP contribution in [0.5, 0.6) is 11.5 Å². The van der Waals surface area contributed by atoms with Crippen molar-refractivity contribution in [1.29, 1.82) is 0 Å². The number of pyridine rings is 1. The third-order valence-corrected chi connectivity index (χ3v) is 5.33. The fraction of sp³-hybridized carbons (Fsp3) is 0.174. The fourth-order valence-corrected chi connectivity index (χ4v) is 3.47. The van der Waals surface area contributed by atoms with Crippen LogP contribution in [0.4, 0.5) is 27.5 Å². The van der Waals surface area contributed by atoms with E-state index >= 15 is 4.39 Å². The summed E-state index contributed by atoms with van der Waals surface area (Å²) < 4.78 is 25.4. The molecule has 0 aliphatic rings. The number of rotatable bonds is 9. The molecule has 0 aliphatic carbocycles. The van der Waals surface area contributed by atoms with E-state index in [9.17, 15) is 0 Å². The summed E-state index contributed by atoms with van der Waals surface area (Å²) in [6, 6.07) is 6.68. The van der Waals surface area contributed by atoms with Crippen molar-refractivity contribution in [3.8, 4) is 22.8 Å². The summed E-state index contributed by atoms with van der Waals surface area (Å²) in [7, 11) is 2.76. The lowest BCUT2D eigenvalue weighted by atomic mass is 10.2. The van der Waals surface area contributed by atoms with Crippen molar-refractivity contribution in [3.63, 3.8) is 0 Å². The Morgan fingerprint density at radius 2 is 1.77 bits per heavy atom. The van der Waals surface area contributed by atoms with Gasteiger partial charge in [0.15, 0.2) is 11.6 Å². The zero-order valence-corrected chi connectivity index (χ0v) is 19.5. The fourth-order valence-electron chi connectivity index (χ4n) is 3.21. The molecule has 1 aromatic carbocycles. The van der Waals surface area contributed by atoms with Gasteiger partial charge in [0, 0.05) is 31.1 Å². The lowest BCUT2D eigenvalue weighted by molar-refractivity contribution is 0.299. The van der Waals surface area contributed by atoms with Gasteiger partial charge in [-0.15, -0.1) is 0 Å². The highest BCUT2D eigenvalue weighted by Crippen LogP contribution is 2.42. The van der Waals surface area contributed by atoms with E-state index in [-0.39, 0.29) is 34.6 Å². The van der Waals surface area contributed by atoms with Crippen LogP contribution in [0.3, 0.4) is 0 Å². The second kappa shape index (κ2) is 10.9. The second-order valence-electron chi connectivity index (χ2n) is 7.13. The van der Waals surface area contributed by atoms with Crippen molar-refractivity contribution in [3.05, 3.63) is 65.7 Å². The van der Waals surface area contributed by atoms with Crippen molar-refractivity contribution in [2.75, 3.05) is 31.5 Å². The second-order valence-corrected chi connectivity index (χ2v) is 7.51. The Bertz CT molecular complexity index is 1300. The third kappa shape index (κ3) is 5.36. The van der Waals surface area contributed by atoms with E-state index in [1.165, 1.54) is 39.1 Å². The molecule has 0 saturated heterocycles. The Labute approximate surface area is 205 Å². The van der Waals surface area contributed by atoms with E-state index in [4.69, 9.17) is 26.2 Å². The van der Waals surface area contributed by atoms with E-state index in [1.54, 1.807) is 18.3 Å². The smallest absolute Gasteiger partial charge is 0.190 e. The molecule has 180 valence electrons. The quantitative estimate of drug-likeness (QED) is 0.310. The van der Waals surface area contributed by atoms with Crippen LogP contribution < -0.4 is 20.1 Å². The summed E-state index contributed by atoms with van der Waals surface area (Å²) >= 11 is 6.35. The number of ether oxygens (including phenoxy) is 2. The summed E-state index contributed by atoms with van der Waals surface area (Å²) in [5, 5.41) is 15.1. The number of hydrogen-bond donors (Lipinski definition) is 3. The topological polar surface area (TPSA) is 127 Å². The predicted molar refractivity (Wildman–Crippen MR) is 129 cm³/mol. The van der Waals surface area contributed by atoms with Gasteiger partial charge in [-0.3, -0.25) is 0 Å². The van der Waals surface area contributed by atoms with E-state index < -0.39 is 5.82 Å². The molecule has 0 bridgehead atoms.